The standard InChI is InChI=1S/C25H24ClFN6O2/c26-18-4-8-21(9-5-18)32-16-17-33-22(28-29-24(33)25(32)35)2-1-3-23(34)31-14-12-30(13-15-31)20-10-6-19(27)7-11-20/h4-11,16-17H,1-3,12-15H2. The predicted octanol–water partition coefficient (Wildman–Crippen LogP) is 3.34. The molecule has 1 saturated heterocycles. The second-order valence-corrected chi connectivity index (χ2v) is 8.89. The van der Waals surface area contributed by atoms with Gasteiger partial charge in [0.15, 0.2) is 0 Å². The molecule has 4 aromatic rings. The minimum Gasteiger partial charge on any atom is -0.368 e. The molecule has 180 valence electrons. The molecule has 1 amide bonds. The smallest absolute Gasteiger partial charge is 0.300 e. The van der Waals surface area contributed by atoms with E-state index in [2.05, 4.69) is 15.1 Å². The fourth-order valence-electron chi connectivity index (χ4n) is 4.33. The highest BCUT2D eigenvalue weighted by atomic mass is 35.5. The lowest BCUT2D eigenvalue weighted by Crippen LogP contribution is -2.48. The molecule has 1 aliphatic heterocycles. The van der Waals surface area contributed by atoms with Gasteiger partial charge in [-0.1, -0.05) is 11.6 Å². The third kappa shape index (κ3) is 4.90. The molecule has 35 heavy (non-hydrogen) atoms. The van der Waals surface area contributed by atoms with E-state index in [0.717, 1.165) is 5.69 Å². The lowest BCUT2D eigenvalue weighted by molar-refractivity contribution is -0.131. The number of halogens is 2. The quantitative estimate of drug-likeness (QED) is 0.411. The molecule has 0 spiro atoms. The molecule has 0 atom stereocenters. The lowest BCUT2D eigenvalue weighted by atomic mass is 10.2. The Morgan fingerprint density at radius 3 is 2.31 bits per heavy atom. The van der Waals surface area contributed by atoms with Crippen molar-refractivity contribution < 1.29 is 9.18 Å². The van der Waals surface area contributed by atoms with Crippen LogP contribution in [0, 0.1) is 5.82 Å². The van der Waals surface area contributed by atoms with Crippen LogP contribution in [-0.4, -0.2) is 56.2 Å². The number of aromatic nitrogens is 4. The number of hydrogen-bond acceptors (Lipinski definition) is 5. The number of rotatable bonds is 6. The highest BCUT2D eigenvalue weighted by molar-refractivity contribution is 6.30. The minimum absolute atomic E-state index is 0.0997. The second-order valence-electron chi connectivity index (χ2n) is 8.46. The fourth-order valence-corrected chi connectivity index (χ4v) is 4.46. The second kappa shape index (κ2) is 9.87. The van der Waals surface area contributed by atoms with Crippen molar-refractivity contribution in [1.82, 2.24) is 24.1 Å². The number of benzene rings is 2. The molecule has 0 N–H and O–H groups in total. The molecule has 0 saturated carbocycles. The number of anilines is 1. The van der Waals surface area contributed by atoms with E-state index in [1.165, 1.54) is 16.7 Å². The molecule has 0 radical (unpaired) electrons. The number of nitrogens with zero attached hydrogens (tertiary/aromatic N) is 6. The molecule has 1 fully saturated rings. The first kappa shape index (κ1) is 23.0. The highest BCUT2D eigenvalue weighted by Crippen LogP contribution is 2.18. The third-order valence-electron chi connectivity index (χ3n) is 6.26. The first-order valence-electron chi connectivity index (χ1n) is 11.5. The van der Waals surface area contributed by atoms with Crippen LogP contribution >= 0.6 is 11.6 Å². The maximum absolute atomic E-state index is 13.1. The van der Waals surface area contributed by atoms with Gasteiger partial charge in [-0.3, -0.25) is 18.6 Å². The van der Waals surface area contributed by atoms with E-state index in [9.17, 15) is 14.0 Å². The number of amides is 1. The van der Waals surface area contributed by atoms with Gasteiger partial charge >= 0.3 is 5.56 Å². The summed E-state index contributed by atoms with van der Waals surface area (Å²) in [5.74, 6) is 0.493. The number of carbonyl (C=O) groups excluding carboxylic acids is 1. The van der Waals surface area contributed by atoms with Crippen LogP contribution in [0.15, 0.2) is 65.7 Å². The molecule has 8 nitrogen and oxygen atoms in total. The SMILES string of the molecule is O=C(CCCc1nnc2c(=O)n(-c3ccc(Cl)cc3)ccn12)N1CCN(c2ccc(F)cc2)CC1. The van der Waals surface area contributed by atoms with Crippen LogP contribution in [-0.2, 0) is 11.2 Å². The Morgan fingerprint density at radius 2 is 1.60 bits per heavy atom. The van der Waals surface area contributed by atoms with E-state index in [-0.39, 0.29) is 22.9 Å². The van der Waals surface area contributed by atoms with Gasteiger partial charge in [-0.05, 0) is 55.0 Å². The van der Waals surface area contributed by atoms with E-state index in [4.69, 9.17) is 11.6 Å². The topological polar surface area (TPSA) is 75.7 Å². The van der Waals surface area contributed by atoms with Crippen molar-refractivity contribution in [3.8, 4) is 5.69 Å². The zero-order valence-corrected chi connectivity index (χ0v) is 19.7. The predicted molar refractivity (Wildman–Crippen MR) is 132 cm³/mol. The maximum Gasteiger partial charge on any atom is 0.300 e. The van der Waals surface area contributed by atoms with Crippen molar-refractivity contribution in [1.29, 1.82) is 0 Å². The average Bonchev–Trinajstić information content (AvgIpc) is 3.29. The van der Waals surface area contributed by atoms with E-state index < -0.39 is 0 Å². The van der Waals surface area contributed by atoms with Crippen LogP contribution in [0.4, 0.5) is 10.1 Å². The first-order chi connectivity index (χ1) is 17.0. The van der Waals surface area contributed by atoms with Gasteiger partial charge in [0.25, 0.3) is 0 Å². The highest BCUT2D eigenvalue weighted by Gasteiger charge is 2.21. The van der Waals surface area contributed by atoms with Crippen LogP contribution in [0.2, 0.25) is 5.02 Å². The molecule has 1 aliphatic rings. The van der Waals surface area contributed by atoms with Gasteiger partial charge in [-0.25, -0.2) is 4.39 Å². The van der Waals surface area contributed by atoms with Crippen LogP contribution in [0.5, 0.6) is 0 Å². The number of fused-ring (bicyclic) bond motifs is 1. The molecule has 2 aromatic carbocycles. The zero-order valence-electron chi connectivity index (χ0n) is 19.0. The summed E-state index contributed by atoms with van der Waals surface area (Å²) in [4.78, 5) is 29.6. The van der Waals surface area contributed by atoms with Gasteiger partial charge < -0.3 is 9.80 Å². The summed E-state index contributed by atoms with van der Waals surface area (Å²) in [6.45, 7) is 2.70. The summed E-state index contributed by atoms with van der Waals surface area (Å²) < 4.78 is 16.3. The number of piperazine rings is 1. The molecule has 2 aromatic heterocycles. The van der Waals surface area contributed by atoms with Crippen molar-refractivity contribution in [2.75, 3.05) is 31.1 Å². The molecular weight excluding hydrogens is 471 g/mol. The van der Waals surface area contributed by atoms with Crippen LogP contribution in [0.3, 0.4) is 0 Å². The Morgan fingerprint density at radius 1 is 0.914 bits per heavy atom. The summed E-state index contributed by atoms with van der Waals surface area (Å²) in [5, 5.41) is 8.86. The van der Waals surface area contributed by atoms with Crippen LogP contribution < -0.4 is 10.5 Å². The average molecular weight is 495 g/mol. The van der Waals surface area contributed by atoms with Crippen molar-refractivity contribution >= 4 is 28.8 Å². The van der Waals surface area contributed by atoms with Gasteiger partial charge in [-0.15, -0.1) is 10.2 Å². The van der Waals surface area contributed by atoms with E-state index >= 15 is 0 Å². The molecule has 3 heterocycles. The van der Waals surface area contributed by atoms with E-state index in [1.54, 1.807) is 53.2 Å². The Bertz CT molecular complexity index is 1390. The maximum atomic E-state index is 13.1. The molecular formula is C25H24ClFN6O2. The number of hydrogen-bond donors (Lipinski definition) is 0. The van der Waals surface area contributed by atoms with Crippen molar-refractivity contribution in [2.24, 2.45) is 0 Å². The minimum atomic E-state index is -0.274. The largest absolute Gasteiger partial charge is 0.368 e. The Hall–Kier alpha value is -3.72. The van der Waals surface area contributed by atoms with Crippen molar-refractivity contribution in [3.05, 3.63) is 87.9 Å². The number of aryl methyl sites for hydroxylation is 1. The molecule has 5 rings (SSSR count). The zero-order chi connectivity index (χ0) is 24.4. The van der Waals surface area contributed by atoms with E-state index in [1.807, 2.05) is 4.90 Å². The Kier molecular flexibility index (Phi) is 6.50. The summed E-state index contributed by atoms with van der Waals surface area (Å²) in [7, 11) is 0. The lowest BCUT2D eigenvalue weighted by Gasteiger charge is -2.36. The fraction of sp³-hybridized carbons (Fsp3) is 0.280. The molecule has 0 unspecified atom stereocenters. The molecule has 0 bridgehead atoms. The summed E-state index contributed by atoms with van der Waals surface area (Å²) >= 11 is 5.94. The summed E-state index contributed by atoms with van der Waals surface area (Å²) in [6.07, 6.45) is 4.98. The number of carbonyl (C=O) groups is 1. The van der Waals surface area contributed by atoms with Crippen LogP contribution in [0.1, 0.15) is 18.7 Å². The van der Waals surface area contributed by atoms with Gasteiger partial charge in [0, 0.05) is 67.8 Å². The third-order valence-corrected chi connectivity index (χ3v) is 6.51. The van der Waals surface area contributed by atoms with Crippen molar-refractivity contribution in [2.45, 2.75) is 19.3 Å². The van der Waals surface area contributed by atoms with Crippen LogP contribution in [0.25, 0.3) is 11.3 Å². The molecule has 10 heteroatoms. The van der Waals surface area contributed by atoms with Gasteiger partial charge in [-0.2, -0.15) is 0 Å². The summed E-state index contributed by atoms with van der Waals surface area (Å²) in [6, 6.07) is 13.4. The Balaban J connectivity index is 1.17. The summed E-state index contributed by atoms with van der Waals surface area (Å²) in [5.41, 5.74) is 1.62. The van der Waals surface area contributed by atoms with Gasteiger partial charge in [0.05, 0.1) is 0 Å². The Labute approximate surface area is 206 Å². The van der Waals surface area contributed by atoms with E-state index in [0.29, 0.717) is 62.0 Å². The molecule has 0 aliphatic carbocycles. The van der Waals surface area contributed by atoms with Gasteiger partial charge in [0.1, 0.15) is 11.6 Å². The first-order valence-corrected chi connectivity index (χ1v) is 11.9. The normalized spacial score (nSPS) is 14.0. The van der Waals surface area contributed by atoms with Crippen molar-refractivity contribution in [3.63, 3.8) is 0 Å². The van der Waals surface area contributed by atoms with Gasteiger partial charge in [0.2, 0.25) is 11.6 Å². The monoisotopic (exact) mass is 494 g/mol.